The van der Waals surface area contributed by atoms with Gasteiger partial charge in [0.05, 0.1) is 0 Å². The van der Waals surface area contributed by atoms with E-state index < -0.39 is 0 Å². The predicted molar refractivity (Wildman–Crippen MR) is 70.3 cm³/mol. The third-order valence-corrected chi connectivity index (χ3v) is 7.52. The Balaban J connectivity index is 3.38. The Morgan fingerprint density at radius 2 is 0.933 bits per heavy atom. The van der Waals surface area contributed by atoms with Gasteiger partial charge in [-0.3, -0.25) is 0 Å². The van der Waals surface area contributed by atoms with Crippen LogP contribution < -0.4 is 0 Å². The fraction of sp³-hybridized carbons (Fsp3) is 0.714. The monoisotopic (exact) mass is 272 g/mol. The van der Waals surface area contributed by atoms with E-state index >= 15 is 0 Å². The molecule has 0 fully saturated rings. The van der Waals surface area contributed by atoms with E-state index in [1.807, 2.05) is 0 Å². The van der Waals surface area contributed by atoms with Crippen molar-refractivity contribution in [2.24, 2.45) is 0 Å². The summed E-state index contributed by atoms with van der Waals surface area (Å²) in [5.74, 6) is 0. The van der Waals surface area contributed by atoms with Crippen LogP contribution in [0.4, 0.5) is 0 Å². The summed E-state index contributed by atoms with van der Waals surface area (Å²) in [4.78, 5) is 0. The molecule has 0 aliphatic carbocycles. The maximum atomic E-state index is 2.34. The van der Waals surface area contributed by atoms with E-state index in [1.165, 1.54) is 0 Å². The SMILES string of the molecule is Cc1c(C(C)(C)C)[se]c(C(C)(C)C)c1C. The number of rotatable bonds is 0. The van der Waals surface area contributed by atoms with Crippen LogP contribution in [0.1, 0.15) is 61.5 Å². The first-order valence-corrected chi connectivity index (χ1v) is 7.37. The van der Waals surface area contributed by atoms with Crippen LogP contribution in [-0.4, -0.2) is 14.5 Å². The fourth-order valence-electron chi connectivity index (χ4n) is 2.03. The van der Waals surface area contributed by atoms with Crippen LogP contribution in [0.5, 0.6) is 0 Å². The summed E-state index contributed by atoms with van der Waals surface area (Å²) in [7, 11) is 0. The van der Waals surface area contributed by atoms with Gasteiger partial charge in [-0.05, 0) is 0 Å². The zero-order valence-electron chi connectivity index (χ0n) is 11.4. The first-order valence-electron chi connectivity index (χ1n) is 5.66. The summed E-state index contributed by atoms with van der Waals surface area (Å²) in [6, 6.07) is 0. The molecule has 1 rings (SSSR count). The molecule has 0 saturated heterocycles. The Labute approximate surface area is 101 Å². The molecule has 0 bridgehead atoms. The van der Waals surface area contributed by atoms with E-state index in [-0.39, 0.29) is 0 Å². The Morgan fingerprint density at radius 3 is 1.07 bits per heavy atom. The summed E-state index contributed by atoms with van der Waals surface area (Å²) in [6.07, 6.45) is 0. The average Bonchev–Trinajstić information content (AvgIpc) is 2.26. The molecular weight excluding hydrogens is 247 g/mol. The van der Waals surface area contributed by atoms with Gasteiger partial charge in [0, 0.05) is 0 Å². The van der Waals surface area contributed by atoms with Crippen LogP contribution in [0.3, 0.4) is 0 Å². The van der Waals surface area contributed by atoms with Crippen molar-refractivity contribution in [1.29, 1.82) is 0 Å². The number of hydrogen-bond acceptors (Lipinski definition) is 0. The second-order valence-electron chi connectivity index (χ2n) is 6.51. The summed E-state index contributed by atoms with van der Waals surface area (Å²) in [5.41, 5.74) is 3.82. The summed E-state index contributed by atoms with van der Waals surface area (Å²) < 4.78 is 3.38. The van der Waals surface area contributed by atoms with Gasteiger partial charge in [-0.15, -0.1) is 0 Å². The third kappa shape index (κ3) is 2.57. The summed E-state index contributed by atoms with van der Waals surface area (Å²) >= 11 is 0.574. The second-order valence-corrected chi connectivity index (χ2v) is 8.65. The van der Waals surface area contributed by atoms with Crippen molar-refractivity contribution in [2.75, 3.05) is 0 Å². The van der Waals surface area contributed by atoms with Gasteiger partial charge in [0.1, 0.15) is 0 Å². The second kappa shape index (κ2) is 3.79. The van der Waals surface area contributed by atoms with Crippen molar-refractivity contribution in [3.63, 3.8) is 0 Å². The third-order valence-electron chi connectivity index (χ3n) is 2.81. The molecule has 0 N–H and O–H groups in total. The Hall–Kier alpha value is -0.000519. The van der Waals surface area contributed by atoms with Crippen molar-refractivity contribution >= 4 is 14.5 Å². The molecule has 0 aliphatic heterocycles. The molecule has 0 saturated carbocycles. The van der Waals surface area contributed by atoms with Crippen LogP contribution in [0, 0.1) is 13.8 Å². The first-order chi connectivity index (χ1) is 6.55. The molecule has 0 spiro atoms. The Bertz CT molecular complexity index is 321. The van der Waals surface area contributed by atoms with Crippen LogP contribution in [0.2, 0.25) is 0 Å². The van der Waals surface area contributed by atoms with E-state index in [0.717, 1.165) is 0 Å². The van der Waals surface area contributed by atoms with Gasteiger partial charge in [0.25, 0.3) is 0 Å². The van der Waals surface area contributed by atoms with Gasteiger partial charge in [-0.1, -0.05) is 0 Å². The van der Waals surface area contributed by atoms with Crippen molar-refractivity contribution in [2.45, 2.75) is 66.2 Å². The molecule has 0 radical (unpaired) electrons. The molecule has 15 heavy (non-hydrogen) atoms. The van der Waals surface area contributed by atoms with Crippen molar-refractivity contribution in [3.8, 4) is 0 Å². The van der Waals surface area contributed by atoms with E-state index in [9.17, 15) is 0 Å². The van der Waals surface area contributed by atoms with Crippen LogP contribution in [0.15, 0.2) is 0 Å². The molecule has 0 unspecified atom stereocenters. The standard InChI is InChI=1S/C14H24Se/c1-9-10(2)12(14(6,7)8)15-11(9)13(3,4)5/h1-8H3. The van der Waals surface area contributed by atoms with E-state index in [0.29, 0.717) is 25.3 Å². The molecule has 1 heteroatoms. The molecule has 0 aromatic carbocycles. The predicted octanol–water partition coefficient (Wildman–Crippen LogP) is 3.96. The van der Waals surface area contributed by atoms with Gasteiger partial charge >= 0.3 is 101 Å². The van der Waals surface area contributed by atoms with Crippen molar-refractivity contribution in [3.05, 3.63) is 20.0 Å². The molecule has 0 amide bonds. The van der Waals surface area contributed by atoms with E-state index in [4.69, 9.17) is 0 Å². The molecule has 86 valence electrons. The van der Waals surface area contributed by atoms with Crippen LogP contribution in [-0.2, 0) is 10.8 Å². The normalized spacial score (nSPS) is 13.3. The zero-order chi connectivity index (χ0) is 12.0. The van der Waals surface area contributed by atoms with Gasteiger partial charge in [-0.25, -0.2) is 0 Å². The van der Waals surface area contributed by atoms with Gasteiger partial charge < -0.3 is 0 Å². The average molecular weight is 271 g/mol. The molecular formula is C14H24Se. The summed E-state index contributed by atoms with van der Waals surface area (Å²) in [5, 5.41) is 0. The van der Waals surface area contributed by atoms with E-state index in [2.05, 4.69) is 55.4 Å². The first kappa shape index (κ1) is 13.1. The van der Waals surface area contributed by atoms with Crippen molar-refractivity contribution in [1.82, 2.24) is 0 Å². The summed E-state index contributed by atoms with van der Waals surface area (Å²) in [6.45, 7) is 18.6. The number of hydrogen-bond donors (Lipinski definition) is 0. The zero-order valence-corrected chi connectivity index (χ0v) is 13.1. The molecule has 1 aromatic rings. The molecule has 0 nitrogen and oxygen atoms in total. The van der Waals surface area contributed by atoms with Gasteiger partial charge in [-0.2, -0.15) is 0 Å². The Morgan fingerprint density at radius 1 is 0.667 bits per heavy atom. The topological polar surface area (TPSA) is 0 Å². The fourth-order valence-corrected chi connectivity index (χ4v) is 5.02. The minimum absolute atomic E-state index is 0.346. The van der Waals surface area contributed by atoms with Crippen molar-refractivity contribution < 1.29 is 0 Å². The molecule has 1 heterocycles. The van der Waals surface area contributed by atoms with Gasteiger partial charge in [0.15, 0.2) is 0 Å². The van der Waals surface area contributed by atoms with Crippen LogP contribution >= 0.6 is 0 Å². The van der Waals surface area contributed by atoms with E-state index in [1.54, 1.807) is 20.0 Å². The maximum absolute atomic E-state index is 2.34. The molecule has 1 aromatic heterocycles. The molecule has 0 atom stereocenters. The van der Waals surface area contributed by atoms with Crippen LogP contribution in [0.25, 0.3) is 0 Å². The minimum atomic E-state index is 0.346. The molecule has 0 aliphatic rings. The quantitative estimate of drug-likeness (QED) is 0.627. The Kier molecular flexibility index (Phi) is 3.30. The van der Waals surface area contributed by atoms with Gasteiger partial charge in [0.2, 0.25) is 0 Å².